The number of fused-ring (bicyclic) bond motifs is 1. The van der Waals surface area contributed by atoms with Crippen LogP contribution in [0, 0.1) is 5.92 Å². The molecule has 6 nitrogen and oxygen atoms in total. The van der Waals surface area contributed by atoms with Gasteiger partial charge in [0.2, 0.25) is 5.91 Å². The highest BCUT2D eigenvalue weighted by atomic mass is 16.2. The van der Waals surface area contributed by atoms with E-state index in [1.807, 2.05) is 23.3 Å². The van der Waals surface area contributed by atoms with Crippen LogP contribution in [0.2, 0.25) is 0 Å². The Morgan fingerprint density at radius 2 is 1.94 bits per heavy atom. The van der Waals surface area contributed by atoms with E-state index in [2.05, 4.69) is 90.5 Å². The van der Waals surface area contributed by atoms with E-state index in [0.29, 0.717) is 0 Å². The summed E-state index contributed by atoms with van der Waals surface area (Å²) in [6, 6.07) is 14.8. The molecule has 1 atom stereocenters. The number of carbonyl (C=O) groups is 1. The average Bonchev–Trinajstić information content (AvgIpc) is 3.58. The number of hydrogen-bond acceptors (Lipinski definition) is 3. The molecule has 176 valence electrons. The number of nitrogens with zero attached hydrogens (tertiary/aromatic N) is 3. The standard InChI is InChI=1S/C28H33N5O/c1-5-19-6-9-23(10-7-19)33-18-22(15-30-33)20-8-11-25-24(14-20)26(16-29-25)31-27(34)21-12-13-32(17-21)28(2,3)4/h6-11,14-16,18,21,29H,5,12-13,17H2,1-4H3,(H,31,34). The van der Waals surface area contributed by atoms with Crippen LogP contribution in [0.25, 0.3) is 27.7 Å². The summed E-state index contributed by atoms with van der Waals surface area (Å²) >= 11 is 0. The fourth-order valence-corrected chi connectivity index (χ4v) is 4.72. The normalized spacial score (nSPS) is 16.9. The molecule has 5 rings (SSSR count). The van der Waals surface area contributed by atoms with E-state index in [4.69, 9.17) is 0 Å². The number of carbonyl (C=O) groups excluding carboxylic acids is 1. The number of likely N-dealkylation sites (tertiary alicyclic amines) is 1. The number of H-pyrrole nitrogens is 1. The summed E-state index contributed by atoms with van der Waals surface area (Å²) in [6.45, 7) is 10.5. The zero-order chi connectivity index (χ0) is 23.9. The maximum atomic E-state index is 13.0. The number of rotatable bonds is 5. The molecular weight excluding hydrogens is 422 g/mol. The summed E-state index contributed by atoms with van der Waals surface area (Å²) < 4.78 is 1.90. The van der Waals surface area contributed by atoms with Crippen molar-refractivity contribution in [1.29, 1.82) is 0 Å². The van der Waals surface area contributed by atoms with Crippen LogP contribution >= 0.6 is 0 Å². The molecule has 1 amide bonds. The Bertz CT molecular complexity index is 1310. The van der Waals surface area contributed by atoms with Crippen LogP contribution in [0.5, 0.6) is 0 Å². The average molecular weight is 456 g/mol. The number of aromatic amines is 1. The second-order valence-corrected chi connectivity index (χ2v) is 10.2. The van der Waals surface area contributed by atoms with E-state index in [-0.39, 0.29) is 17.4 Å². The fraction of sp³-hybridized carbons (Fsp3) is 0.357. The molecule has 1 unspecified atom stereocenters. The molecule has 0 spiro atoms. The molecule has 1 fully saturated rings. The van der Waals surface area contributed by atoms with Crippen LogP contribution in [0.1, 0.15) is 39.7 Å². The van der Waals surface area contributed by atoms with Crippen LogP contribution in [0.3, 0.4) is 0 Å². The Hall–Kier alpha value is -3.38. The third-order valence-electron chi connectivity index (χ3n) is 6.97. The van der Waals surface area contributed by atoms with E-state index in [9.17, 15) is 4.79 Å². The topological polar surface area (TPSA) is 66.0 Å². The molecule has 0 saturated carbocycles. The van der Waals surface area contributed by atoms with Crippen molar-refractivity contribution in [1.82, 2.24) is 19.7 Å². The van der Waals surface area contributed by atoms with Crippen LogP contribution in [0.15, 0.2) is 61.1 Å². The molecule has 34 heavy (non-hydrogen) atoms. The Morgan fingerprint density at radius 3 is 2.65 bits per heavy atom. The van der Waals surface area contributed by atoms with Crippen molar-refractivity contribution < 1.29 is 4.79 Å². The summed E-state index contributed by atoms with van der Waals surface area (Å²) in [7, 11) is 0. The van der Waals surface area contributed by atoms with Gasteiger partial charge in [-0.1, -0.05) is 25.1 Å². The number of benzene rings is 2. The first-order valence-corrected chi connectivity index (χ1v) is 12.1. The van der Waals surface area contributed by atoms with E-state index < -0.39 is 0 Å². The van der Waals surface area contributed by atoms with Gasteiger partial charge in [0.05, 0.1) is 23.5 Å². The van der Waals surface area contributed by atoms with E-state index in [0.717, 1.165) is 59.3 Å². The van der Waals surface area contributed by atoms with Crippen molar-refractivity contribution in [3.8, 4) is 16.8 Å². The van der Waals surface area contributed by atoms with Crippen LogP contribution < -0.4 is 5.32 Å². The fourth-order valence-electron chi connectivity index (χ4n) is 4.72. The molecule has 0 bridgehead atoms. The van der Waals surface area contributed by atoms with E-state index in [1.165, 1.54) is 5.56 Å². The largest absolute Gasteiger partial charge is 0.359 e. The smallest absolute Gasteiger partial charge is 0.228 e. The molecule has 6 heteroatoms. The van der Waals surface area contributed by atoms with Crippen molar-refractivity contribution in [2.75, 3.05) is 18.4 Å². The lowest BCUT2D eigenvalue weighted by molar-refractivity contribution is -0.119. The Morgan fingerprint density at radius 1 is 1.15 bits per heavy atom. The third kappa shape index (κ3) is 4.38. The number of hydrogen-bond donors (Lipinski definition) is 2. The summed E-state index contributed by atoms with van der Waals surface area (Å²) in [6.07, 6.45) is 7.75. The molecule has 0 radical (unpaired) electrons. The highest BCUT2D eigenvalue weighted by molar-refractivity contribution is 6.03. The van der Waals surface area contributed by atoms with Crippen LogP contribution in [-0.4, -0.2) is 44.2 Å². The number of aryl methyl sites for hydroxylation is 1. The quantitative estimate of drug-likeness (QED) is 0.409. The second-order valence-electron chi connectivity index (χ2n) is 10.2. The van der Waals surface area contributed by atoms with Crippen molar-refractivity contribution in [2.45, 2.75) is 46.1 Å². The van der Waals surface area contributed by atoms with Crippen LogP contribution in [0.4, 0.5) is 5.69 Å². The van der Waals surface area contributed by atoms with Gasteiger partial charge in [0.1, 0.15) is 0 Å². The number of aromatic nitrogens is 3. The van der Waals surface area contributed by atoms with Crippen molar-refractivity contribution in [3.05, 3.63) is 66.6 Å². The minimum Gasteiger partial charge on any atom is -0.359 e. The molecule has 0 aliphatic carbocycles. The highest BCUT2D eigenvalue weighted by Crippen LogP contribution is 2.31. The van der Waals surface area contributed by atoms with Gasteiger partial charge >= 0.3 is 0 Å². The molecule has 1 aliphatic rings. The van der Waals surface area contributed by atoms with Crippen LogP contribution in [-0.2, 0) is 11.2 Å². The van der Waals surface area contributed by atoms with Gasteiger partial charge in [0.15, 0.2) is 0 Å². The van der Waals surface area contributed by atoms with Gasteiger partial charge in [-0.2, -0.15) is 5.10 Å². The molecule has 1 saturated heterocycles. The Balaban J connectivity index is 1.35. The molecule has 4 aromatic rings. The Kier molecular flexibility index (Phi) is 5.78. The number of amides is 1. The Labute approximate surface area is 201 Å². The monoisotopic (exact) mass is 455 g/mol. The number of nitrogens with one attached hydrogen (secondary N) is 2. The van der Waals surface area contributed by atoms with Crippen molar-refractivity contribution in [3.63, 3.8) is 0 Å². The zero-order valence-corrected chi connectivity index (χ0v) is 20.4. The maximum Gasteiger partial charge on any atom is 0.228 e. The predicted molar refractivity (Wildman–Crippen MR) is 138 cm³/mol. The van der Waals surface area contributed by atoms with Gasteiger partial charge in [-0.3, -0.25) is 9.69 Å². The lowest BCUT2D eigenvalue weighted by Gasteiger charge is -2.31. The molecular formula is C28H33N5O. The summed E-state index contributed by atoms with van der Waals surface area (Å²) in [5, 5.41) is 8.76. The molecule has 2 aromatic heterocycles. The molecule has 2 aromatic carbocycles. The van der Waals surface area contributed by atoms with Crippen molar-refractivity contribution >= 4 is 22.5 Å². The van der Waals surface area contributed by atoms with Crippen molar-refractivity contribution in [2.24, 2.45) is 5.92 Å². The van der Waals surface area contributed by atoms with Gasteiger partial charge in [-0.15, -0.1) is 0 Å². The minimum atomic E-state index is 0.0182. The lowest BCUT2D eigenvalue weighted by Crippen LogP contribution is -2.40. The molecule has 2 N–H and O–H groups in total. The van der Waals surface area contributed by atoms with Gasteiger partial charge in [-0.05, 0) is 75.5 Å². The van der Waals surface area contributed by atoms with Gasteiger partial charge in [0, 0.05) is 40.9 Å². The SMILES string of the molecule is CCc1ccc(-n2cc(-c3ccc4[nH]cc(NC(=O)C5CCN(C(C)(C)C)C5)c4c3)cn2)cc1. The predicted octanol–water partition coefficient (Wildman–Crippen LogP) is 5.64. The summed E-state index contributed by atoms with van der Waals surface area (Å²) in [5.41, 5.74) is 6.39. The maximum absolute atomic E-state index is 13.0. The summed E-state index contributed by atoms with van der Waals surface area (Å²) in [5.74, 6) is 0.117. The van der Waals surface area contributed by atoms with Gasteiger partial charge in [0.25, 0.3) is 0 Å². The van der Waals surface area contributed by atoms with Gasteiger partial charge in [-0.25, -0.2) is 4.68 Å². The number of anilines is 1. The first kappa shape index (κ1) is 22.4. The zero-order valence-electron chi connectivity index (χ0n) is 20.4. The molecule has 1 aliphatic heterocycles. The summed E-state index contributed by atoms with van der Waals surface area (Å²) in [4.78, 5) is 18.7. The third-order valence-corrected chi connectivity index (χ3v) is 6.97. The minimum absolute atomic E-state index is 0.0182. The second kappa shape index (κ2) is 8.76. The van der Waals surface area contributed by atoms with E-state index in [1.54, 1.807) is 0 Å². The lowest BCUT2D eigenvalue weighted by atomic mass is 10.1. The highest BCUT2D eigenvalue weighted by Gasteiger charge is 2.34. The van der Waals surface area contributed by atoms with Gasteiger partial charge < -0.3 is 10.3 Å². The first-order valence-electron chi connectivity index (χ1n) is 12.1. The van der Waals surface area contributed by atoms with E-state index >= 15 is 0 Å². The first-order chi connectivity index (χ1) is 16.3. The molecule has 3 heterocycles.